The van der Waals surface area contributed by atoms with Gasteiger partial charge in [-0.05, 0) is 5.92 Å². The molecule has 11 heavy (non-hydrogen) atoms. The summed E-state index contributed by atoms with van der Waals surface area (Å²) in [5, 5.41) is 8.94. The molecule has 0 bridgehead atoms. The summed E-state index contributed by atoms with van der Waals surface area (Å²) in [6.45, 7) is 6.24. The van der Waals surface area contributed by atoms with Crippen molar-refractivity contribution in [3.63, 3.8) is 0 Å². The fourth-order valence-corrected chi connectivity index (χ4v) is 1.10. The van der Waals surface area contributed by atoms with Crippen molar-refractivity contribution < 1.29 is 26.2 Å². The van der Waals surface area contributed by atoms with Crippen molar-refractivity contribution in [3.05, 3.63) is 6.10 Å². The van der Waals surface area contributed by atoms with Crippen LogP contribution in [0.15, 0.2) is 0 Å². The summed E-state index contributed by atoms with van der Waals surface area (Å²) < 4.78 is 0. The van der Waals surface area contributed by atoms with Crippen LogP contribution in [0.25, 0.3) is 0 Å². The van der Waals surface area contributed by atoms with Gasteiger partial charge in [-0.1, -0.05) is 33.6 Å². The zero-order valence-electron chi connectivity index (χ0n) is 7.76. The van der Waals surface area contributed by atoms with Gasteiger partial charge in [0.2, 0.25) is 0 Å². The third-order valence-electron chi connectivity index (χ3n) is 1.85. The topological polar surface area (TPSA) is 20.2 Å². The second-order valence-electron chi connectivity index (χ2n) is 2.75. The first-order chi connectivity index (χ1) is 4.79. The molecule has 68 valence electrons. The van der Waals surface area contributed by atoms with Crippen LogP contribution in [0.2, 0.25) is 0 Å². The van der Waals surface area contributed by atoms with Crippen LogP contribution in [0.1, 0.15) is 46.5 Å². The molecular formula is C9H19OW-. The molecule has 1 fully saturated rings. The molecule has 1 aliphatic rings. The summed E-state index contributed by atoms with van der Waals surface area (Å²) in [4.78, 5) is 0. The summed E-state index contributed by atoms with van der Waals surface area (Å²) >= 11 is 0. The maximum Gasteiger partial charge on any atom is 0 e. The van der Waals surface area contributed by atoms with E-state index in [-0.39, 0.29) is 21.1 Å². The van der Waals surface area contributed by atoms with Crippen LogP contribution < -0.4 is 0 Å². The number of hydrogen-bond acceptors (Lipinski definition) is 1. The maximum atomic E-state index is 8.94. The van der Waals surface area contributed by atoms with E-state index in [1.165, 1.54) is 12.8 Å². The first-order valence-corrected chi connectivity index (χ1v) is 4.32. The van der Waals surface area contributed by atoms with E-state index >= 15 is 0 Å². The second-order valence-corrected chi connectivity index (χ2v) is 2.75. The average molecular weight is 327 g/mol. The molecule has 0 aromatic heterocycles. The predicted molar refractivity (Wildman–Crippen MR) is 44.2 cm³/mol. The molecule has 0 saturated heterocycles. The van der Waals surface area contributed by atoms with Gasteiger partial charge in [-0.15, -0.1) is 0 Å². The Morgan fingerprint density at radius 2 is 1.55 bits per heavy atom. The summed E-state index contributed by atoms with van der Waals surface area (Å²) in [5.41, 5.74) is 0. The minimum atomic E-state index is 0. The van der Waals surface area contributed by atoms with Gasteiger partial charge in [0.05, 0.1) is 0 Å². The molecule has 0 amide bonds. The summed E-state index contributed by atoms with van der Waals surface area (Å²) in [6.07, 6.45) is 4.98. The molecule has 0 aromatic rings. The Bertz CT molecular complexity index is 58.0. The van der Waals surface area contributed by atoms with Gasteiger partial charge >= 0.3 is 0 Å². The van der Waals surface area contributed by atoms with Crippen LogP contribution in [-0.2, 0) is 21.1 Å². The van der Waals surface area contributed by atoms with Gasteiger partial charge in [0.25, 0.3) is 0 Å². The van der Waals surface area contributed by atoms with Crippen molar-refractivity contribution in [2.75, 3.05) is 0 Å². The first kappa shape index (κ1) is 14.2. The van der Waals surface area contributed by atoms with Crippen LogP contribution in [-0.4, -0.2) is 5.11 Å². The van der Waals surface area contributed by atoms with Gasteiger partial charge in [-0.25, -0.2) is 6.10 Å². The Morgan fingerprint density at radius 3 is 1.82 bits per heavy atom. The van der Waals surface area contributed by atoms with Gasteiger partial charge in [-0.2, -0.15) is 12.8 Å². The largest absolute Gasteiger partial charge is 0.563 e. The molecule has 0 unspecified atom stereocenters. The van der Waals surface area contributed by atoms with E-state index in [1.54, 1.807) is 0 Å². The molecule has 1 aliphatic carbocycles. The fourth-order valence-electron chi connectivity index (χ4n) is 1.10. The van der Waals surface area contributed by atoms with E-state index in [2.05, 4.69) is 6.92 Å². The molecule has 0 spiro atoms. The molecule has 0 atom stereocenters. The molecular weight excluding hydrogens is 308 g/mol. The van der Waals surface area contributed by atoms with Gasteiger partial charge in [0.15, 0.2) is 0 Å². The van der Waals surface area contributed by atoms with E-state index in [0.29, 0.717) is 6.10 Å². The van der Waals surface area contributed by atoms with E-state index in [9.17, 15) is 0 Å². The van der Waals surface area contributed by atoms with Crippen LogP contribution in [0.4, 0.5) is 0 Å². The zero-order chi connectivity index (χ0) is 7.98. The van der Waals surface area contributed by atoms with Crippen LogP contribution >= 0.6 is 0 Å². The quantitative estimate of drug-likeness (QED) is 0.678. The molecule has 2 heteroatoms. The van der Waals surface area contributed by atoms with Crippen molar-refractivity contribution in [3.8, 4) is 0 Å². The number of aliphatic hydroxyl groups is 1. The Hall–Kier alpha value is 0.648. The minimum Gasteiger partial charge on any atom is -0.563 e. The average Bonchev–Trinajstić information content (AvgIpc) is 2.00. The van der Waals surface area contributed by atoms with Gasteiger partial charge < -0.3 is 5.11 Å². The normalized spacial score (nSPS) is 19.6. The van der Waals surface area contributed by atoms with E-state index in [0.717, 1.165) is 18.8 Å². The van der Waals surface area contributed by atoms with E-state index < -0.39 is 0 Å². The third-order valence-corrected chi connectivity index (χ3v) is 1.85. The predicted octanol–water partition coefficient (Wildman–Crippen LogP) is 3.12. The van der Waals surface area contributed by atoms with Crippen LogP contribution in [0, 0.1) is 12.0 Å². The molecule has 1 N–H and O–H groups in total. The summed E-state index contributed by atoms with van der Waals surface area (Å²) in [6, 6.07) is 0. The van der Waals surface area contributed by atoms with Gasteiger partial charge in [0.1, 0.15) is 0 Å². The van der Waals surface area contributed by atoms with Crippen LogP contribution in [0.5, 0.6) is 0 Å². The maximum absolute atomic E-state index is 8.94. The van der Waals surface area contributed by atoms with Crippen molar-refractivity contribution in [1.82, 2.24) is 0 Å². The van der Waals surface area contributed by atoms with Crippen molar-refractivity contribution in [2.24, 2.45) is 5.92 Å². The smallest absolute Gasteiger partial charge is 0 e. The summed E-state index contributed by atoms with van der Waals surface area (Å²) in [7, 11) is 0. The van der Waals surface area contributed by atoms with Crippen molar-refractivity contribution in [1.29, 1.82) is 0 Å². The molecule has 1 rings (SSSR count). The van der Waals surface area contributed by atoms with Gasteiger partial charge in [-0.3, -0.25) is 0 Å². The number of rotatable bonds is 0. The zero-order valence-corrected chi connectivity index (χ0v) is 10.7. The Kier molecular flexibility index (Phi) is 11.3. The molecule has 1 saturated carbocycles. The third kappa shape index (κ3) is 7.02. The molecule has 1 nitrogen and oxygen atoms in total. The summed E-state index contributed by atoms with van der Waals surface area (Å²) in [5.74, 6) is 0.839. The minimum absolute atomic E-state index is 0. The molecule has 0 radical (unpaired) electrons. The van der Waals surface area contributed by atoms with Gasteiger partial charge in [0, 0.05) is 21.1 Å². The monoisotopic (exact) mass is 327 g/mol. The number of hydrogen-bond donors (Lipinski definition) is 1. The fraction of sp³-hybridized carbons (Fsp3) is 0.889. The standard InChI is InChI=1S/C7H13O.C2H6.W/c1-6-2-4-7(8)5-3-6;1-2;/h6,8H,2-5H2,1H3;1-2H3;/q-1;;. The van der Waals surface area contributed by atoms with E-state index in [4.69, 9.17) is 5.11 Å². The Balaban J connectivity index is 0. The Labute approximate surface area is 84.8 Å². The van der Waals surface area contributed by atoms with Crippen molar-refractivity contribution >= 4 is 0 Å². The van der Waals surface area contributed by atoms with E-state index in [1.807, 2.05) is 13.8 Å². The first-order valence-electron chi connectivity index (χ1n) is 4.32. The van der Waals surface area contributed by atoms with Crippen LogP contribution in [0.3, 0.4) is 0 Å². The van der Waals surface area contributed by atoms with Crippen molar-refractivity contribution in [2.45, 2.75) is 46.5 Å². The second kappa shape index (κ2) is 8.74. The number of aliphatic hydroxyl groups excluding tert-OH is 1. The molecule has 0 heterocycles. The Morgan fingerprint density at radius 1 is 1.18 bits per heavy atom. The molecule has 0 aromatic carbocycles. The molecule has 0 aliphatic heterocycles. The SMILES string of the molecule is CC.CC1CC[C-](O)CC1.[W].